The van der Waals surface area contributed by atoms with Crippen LogP contribution in [-0.2, 0) is 31.0 Å². The molecule has 47 heavy (non-hydrogen) atoms. The molecule has 21 heteroatoms. The number of rotatable bonds is 11. The second kappa shape index (κ2) is 13.8. The van der Waals surface area contributed by atoms with Crippen LogP contribution in [0, 0.1) is 0 Å². The van der Waals surface area contributed by atoms with Crippen LogP contribution >= 0.6 is 34.9 Å². The number of carboxylic acid groups (broad SMARTS) is 1. The Labute approximate surface area is 277 Å². The van der Waals surface area contributed by atoms with Crippen molar-refractivity contribution in [3.8, 4) is 11.5 Å². The molecule has 3 aromatic rings. The lowest BCUT2D eigenvalue weighted by Crippen LogP contribution is -2.71. The molecule has 1 saturated heterocycles. The molecule has 5 N–H and O–H groups in total. The van der Waals surface area contributed by atoms with Crippen LogP contribution in [0.3, 0.4) is 0 Å². The maximum Gasteiger partial charge on any atom is 0.352 e. The summed E-state index contributed by atoms with van der Waals surface area (Å²) in [7, 11) is 1.64. The highest BCUT2D eigenvalue weighted by Gasteiger charge is 2.54. The van der Waals surface area contributed by atoms with E-state index in [1.54, 1.807) is 7.05 Å². The minimum absolute atomic E-state index is 0.0642. The maximum atomic E-state index is 13.6. The zero-order chi connectivity index (χ0) is 34.0. The summed E-state index contributed by atoms with van der Waals surface area (Å²) < 4.78 is 11.6. The summed E-state index contributed by atoms with van der Waals surface area (Å²) >= 11 is 3.51. The number of aliphatic carboxylic acids is 1. The highest BCUT2D eigenvalue weighted by Crippen LogP contribution is 2.41. The highest BCUT2D eigenvalue weighted by atomic mass is 32.2. The van der Waals surface area contributed by atoms with E-state index < -0.39 is 53.1 Å². The predicted octanol–water partition coefficient (Wildman–Crippen LogP) is 0.101. The summed E-state index contributed by atoms with van der Waals surface area (Å²) in [5, 5.41) is 27.6. The smallest absolute Gasteiger partial charge is 0.352 e. The van der Waals surface area contributed by atoms with Crippen molar-refractivity contribution in [3.63, 3.8) is 0 Å². The molecule has 0 spiro atoms. The monoisotopic (exact) mass is 703 g/mol. The first kappa shape index (κ1) is 33.3. The van der Waals surface area contributed by atoms with E-state index in [2.05, 4.69) is 31.1 Å². The molecule has 1 aromatic carbocycles. The third-order valence-electron chi connectivity index (χ3n) is 6.59. The number of fused-ring (bicyclic) bond motifs is 1. The molecule has 2 aliphatic heterocycles. The van der Waals surface area contributed by atoms with Crippen molar-refractivity contribution in [2.24, 2.45) is 7.05 Å². The largest absolute Gasteiger partial charge is 0.477 e. The molecule has 3 atom stereocenters. The van der Waals surface area contributed by atoms with Crippen LogP contribution < -0.4 is 25.8 Å². The number of nitrogens with zero attached hydrogens (tertiary/aromatic N) is 6. The van der Waals surface area contributed by atoms with Gasteiger partial charge in [0.1, 0.15) is 17.1 Å². The molecule has 4 heterocycles. The SMILES string of the molecule is CC(=O)Oc1ccc(C(=O)NC(C(=O)N[C@@H]2C(=O)N3C(C(=O)O)=C(CSc4nnnn4C)CS[C@H]23)c2csc(N)n2)cc1OC(C)=O. The van der Waals surface area contributed by atoms with Crippen molar-refractivity contribution in [1.82, 2.24) is 40.7 Å². The van der Waals surface area contributed by atoms with Crippen LogP contribution in [0.25, 0.3) is 0 Å². The Bertz CT molecular complexity index is 1820. The normalized spacial score (nSPS) is 17.7. The number of β-lactam (4-membered cyclic amide) rings is 1. The van der Waals surface area contributed by atoms with Gasteiger partial charge in [-0.2, -0.15) is 0 Å². The number of esters is 2. The van der Waals surface area contributed by atoms with Gasteiger partial charge in [0.15, 0.2) is 22.7 Å². The van der Waals surface area contributed by atoms with Gasteiger partial charge in [-0.25, -0.2) is 14.5 Å². The van der Waals surface area contributed by atoms with E-state index in [4.69, 9.17) is 15.2 Å². The standard InChI is InChI=1S/C26H25N9O9S3/c1-10(36)43-15-5-4-12(6-16(15)44-11(2)37)20(38)29-17(14-9-46-25(27)28-14)21(39)30-18-22(40)35-19(24(41)42)13(7-45-23(18)35)8-47-26-31-32-33-34(26)3/h4-6,9,17-18,23H,7-8H2,1-3H3,(H2,27,28)(H,29,38)(H,30,39)(H,41,42)/t17?,18-,23-/m1/s1. The van der Waals surface area contributed by atoms with Crippen LogP contribution in [0.2, 0.25) is 0 Å². The zero-order valence-corrected chi connectivity index (χ0v) is 27.1. The average Bonchev–Trinajstić information content (AvgIpc) is 3.64. The van der Waals surface area contributed by atoms with Gasteiger partial charge in [-0.05, 0) is 34.2 Å². The summed E-state index contributed by atoms with van der Waals surface area (Å²) in [5.74, 6) is -4.81. The molecule has 18 nitrogen and oxygen atoms in total. The molecular formula is C26H25N9O9S3. The number of hydrogen-bond acceptors (Lipinski definition) is 16. The van der Waals surface area contributed by atoms with Crippen molar-refractivity contribution < 1.29 is 43.3 Å². The lowest BCUT2D eigenvalue weighted by molar-refractivity contribution is -0.151. The number of aromatic nitrogens is 5. The van der Waals surface area contributed by atoms with Gasteiger partial charge in [-0.1, -0.05) is 11.8 Å². The van der Waals surface area contributed by atoms with E-state index in [0.29, 0.717) is 10.7 Å². The van der Waals surface area contributed by atoms with Gasteiger partial charge in [0.05, 0.1) is 5.69 Å². The number of thiazole rings is 1. The topological polar surface area (TPSA) is 251 Å². The fourth-order valence-electron chi connectivity index (χ4n) is 4.57. The van der Waals surface area contributed by atoms with E-state index >= 15 is 0 Å². The zero-order valence-electron chi connectivity index (χ0n) is 24.7. The van der Waals surface area contributed by atoms with Crippen molar-refractivity contribution in [2.45, 2.75) is 36.5 Å². The number of benzene rings is 1. The Morgan fingerprint density at radius 2 is 1.89 bits per heavy atom. The highest BCUT2D eigenvalue weighted by molar-refractivity contribution is 8.01. The van der Waals surface area contributed by atoms with Crippen molar-refractivity contribution >= 4 is 75.6 Å². The van der Waals surface area contributed by atoms with Gasteiger partial charge in [-0.3, -0.25) is 28.9 Å². The number of ether oxygens (including phenoxy) is 2. The number of carbonyl (C=O) groups is 6. The molecule has 2 aromatic heterocycles. The van der Waals surface area contributed by atoms with Crippen LogP contribution in [0.5, 0.6) is 11.5 Å². The molecule has 0 saturated carbocycles. The van der Waals surface area contributed by atoms with E-state index in [1.165, 1.54) is 45.7 Å². The van der Waals surface area contributed by atoms with Gasteiger partial charge in [0.25, 0.3) is 11.8 Å². The van der Waals surface area contributed by atoms with Crippen LogP contribution in [-0.4, -0.2) is 93.7 Å². The quantitative estimate of drug-likeness (QED) is 0.0894. The summed E-state index contributed by atoms with van der Waals surface area (Å²) in [6, 6.07) is 1.15. The number of amides is 3. The molecule has 3 amide bonds. The lowest BCUT2D eigenvalue weighted by atomic mass is 10.0. The van der Waals surface area contributed by atoms with Gasteiger partial charge in [-0.15, -0.1) is 28.2 Å². The first-order valence-corrected chi connectivity index (χ1v) is 16.3. The molecule has 0 radical (unpaired) electrons. The molecule has 1 fully saturated rings. The van der Waals surface area contributed by atoms with Gasteiger partial charge >= 0.3 is 17.9 Å². The van der Waals surface area contributed by atoms with E-state index in [9.17, 15) is 33.9 Å². The second-order valence-electron chi connectivity index (χ2n) is 9.89. The van der Waals surface area contributed by atoms with Gasteiger partial charge in [0.2, 0.25) is 11.1 Å². The van der Waals surface area contributed by atoms with Crippen LogP contribution in [0.4, 0.5) is 5.13 Å². The summed E-state index contributed by atoms with van der Waals surface area (Å²) in [6.45, 7) is 2.27. The number of nitrogens with two attached hydrogens (primary N) is 1. The van der Waals surface area contributed by atoms with E-state index in [0.717, 1.165) is 36.2 Å². The lowest BCUT2D eigenvalue weighted by Gasteiger charge is -2.49. The molecule has 246 valence electrons. The van der Waals surface area contributed by atoms with Crippen LogP contribution in [0.1, 0.15) is 35.9 Å². The molecule has 0 aliphatic carbocycles. The Morgan fingerprint density at radius 3 is 2.51 bits per heavy atom. The Hall–Kier alpha value is -5.02. The molecule has 1 unspecified atom stereocenters. The Kier molecular flexibility index (Phi) is 9.77. The molecule has 5 rings (SSSR count). The number of carbonyl (C=O) groups excluding carboxylic acids is 5. The fraction of sp³-hybridized carbons (Fsp3) is 0.308. The van der Waals surface area contributed by atoms with Crippen molar-refractivity contribution in [2.75, 3.05) is 17.2 Å². The molecular weight excluding hydrogens is 679 g/mol. The number of anilines is 1. The number of tetrazole rings is 1. The number of nitrogens with one attached hydrogen (secondary N) is 2. The summed E-state index contributed by atoms with van der Waals surface area (Å²) in [5.41, 5.74) is 6.11. The second-order valence-corrected chi connectivity index (χ2v) is 12.8. The average molecular weight is 704 g/mol. The third-order valence-corrected chi connectivity index (χ3v) is 9.72. The van der Waals surface area contributed by atoms with E-state index in [-0.39, 0.29) is 45.1 Å². The minimum atomic E-state index is -1.43. The minimum Gasteiger partial charge on any atom is -0.477 e. The first-order valence-electron chi connectivity index (χ1n) is 13.4. The number of hydrogen-bond donors (Lipinski definition) is 4. The number of aryl methyl sites for hydroxylation is 1. The van der Waals surface area contributed by atoms with Crippen LogP contribution in [0.15, 0.2) is 40.0 Å². The molecule has 2 aliphatic rings. The Balaban J connectivity index is 1.33. The third kappa shape index (κ3) is 7.20. The summed E-state index contributed by atoms with van der Waals surface area (Å²) in [6.07, 6.45) is 0. The fourth-order valence-corrected chi connectivity index (χ4v) is 7.49. The first-order chi connectivity index (χ1) is 22.3. The summed E-state index contributed by atoms with van der Waals surface area (Å²) in [4.78, 5) is 80.8. The van der Waals surface area contributed by atoms with Crippen molar-refractivity contribution in [1.29, 1.82) is 0 Å². The molecule has 0 bridgehead atoms. The number of carboxylic acids is 1. The van der Waals surface area contributed by atoms with E-state index in [1.807, 2.05) is 0 Å². The number of nitrogen functional groups attached to an aromatic ring is 1. The maximum absolute atomic E-state index is 13.6. The number of thioether (sulfide) groups is 2. The Morgan fingerprint density at radius 1 is 1.17 bits per heavy atom. The predicted molar refractivity (Wildman–Crippen MR) is 165 cm³/mol. The van der Waals surface area contributed by atoms with Crippen molar-refractivity contribution in [3.05, 3.63) is 46.1 Å². The van der Waals surface area contributed by atoms with Gasteiger partial charge < -0.3 is 30.9 Å². The van der Waals surface area contributed by atoms with Gasteiger partial charge in [0, 0.05) is 43.3 Å².